The summed E-state index contributed by atoms with van der Waals surface area (Å²) in [4.78, 5) is 16.9. The van der Waals surface area contributed by atoms with Gasteiger partial charge < -0.3 is 9.88 Å². The van der Waals surface area contributed by atoms with Gasteiger partial charge in [0.15, 0.2) is 0 Å². The van der Waals surface area contributed by atoms with E-state index in [9.17, 15) is 9.18 Å². The van der Waals surface area contributed by atoms with Gasteiger partial charge in [-0.3, -0.25) is 4.79 Å². The molecule has 0 aliphatic rings. The summed E-state index contributed by atoms with van der Waals surface area (Å²) in [5, 5.41) is 3.89. The fourth-order valence-electron chi connectivity index (χ4n) is 2.66. The number of hydrogen-bond donors (Lipinski definition) is 1. The molecule has 0 saturated carbocycles. The van der Waals surface area contributed by atoms with Crippen LogP contribution in [0, 0.1) is 5.82 Å². The van der Waals surface area contributed by atoms with E-state index < -0.39 is 6.04 Å². The van der Waals surface area contributed by atoms with Gasteiger partial charge in [0, 0.05) is 29.5 Å². The van der Waals surface area contributed by atoms with Crippen molar-refractivity contribution in [2.24, 2.45) is 7.05 Å². The van der Waals surface area contributed by atoms with E-state index in [4.69, 9.17) is 23.2 Å². The molecule has 3 rings (SSSR count). The monoisotopic (exact) mass is 391 g/mol. The molecule has 1 unspecified atom stereocenters. The summed E-state index contributed by atoms with van der Waals surface area (Å²) in [6.45, 7) is 0. The van der Waals surface area contributed by atoms with Crippen molar-refractivity contribution in [1.29, 1.82) is 0 Å². The summed E-state index contributed by atoms with van der Waals surface area (Å²) in [6.07, 6.45) is 3.53. The van der Waals surface area contributed by atoms with Crippen LogP contribution in [0.1, 0.15) is 23.0 Å². The maximum absolute atomic E-state index is 13.3. The lowest BCUT2D eigenvalue weighted by Gasteiger charge is -2.19. The Hall–Kier alpha value is -2.37. The van der Waals surface area contributed by atoms with E-state index in [2.05, 4.69) is 10.3 Å². The summed E-state index contributed by atoms with van der Waals surface area (Å²) >= 11 is 12.0. The molecule has 0 saturated heterocycles. The van der Waals surface area contributed by atoms with Gasteiger partial charge in [-0.25, -0.2) is 9.37 Å². The van der Waals surface area contributed by atoms with Crippen molar-refractivity contribution in [3.05, 3.63) is 87.7 Å². The normalized spacial score (nSPS) is 12.0. The lowest BCUT2D eigenvalue weighted by atomic mass is 10.0. The van der Waals surface area contributed by atoms with Crippen LogP contribution >= 0.6 is 23.2 Å². The smallest absolute Gasteiger partial charge is 0.225 e. The number of nitrogens with zero attached hydrogens (tertiary/aromatic N) is 2. The highest BCUT2D eigenvalue weighted by atomic mass is 35.5. The lowest BCUT2D eigenvalue weighted by molar-refractivity contribution is -0.121. The van der Waals surface area contributed by atoms with E-state index in [0.29, 0.717) is 21.4 Å². The molecule has 0 radical (unpaired) electrons. The van der Waals surface area contributed by atoms with Crippen LogP contribution in [-0.4, -0.2) is 15.5 Å². The van der Waals surface area contributed by atoms with Crippen molar-refractivity contribution < 1.29 is 9.18 Å². The van der Waals surface area contributed by atoms with Crippen LogP contribution in [0.5, 0.6) is 0 Å². The molecule has 1 atom stereocenters. The minimum Gasteiger partial charge on any atom is -0.342 e. The molecule has 0 aliphatic carbocycles. The van der Waals surface area contributed by atoms with Crippen molar-refractivity contribution in [2.45, 2.75) is 12.5 Å². The number of carbonyl (C=O) groups is 1. The molecule has 2 aromatic carbocycles. The minimum absolute atomic E-state index is 0.0954. The maximum Gasteiger partial charge on any atom is 0.225 e. The second-order valence-corrected chi connectivity index (χ2v) is 6.70. The highest BCUT2D eigenvalue weighted by Crippen LogP contribution is 2.23. The molecule has 4 nitrogen and oxygen atoms in total. The van der Waals surface area contributed by atoms with E-state index in [0.717, 1.165) is 5.56 Å². The first-order chi connectivity index (χ1) is 12.4. The number of hydrogen-bond acceptors (Lipinski definition) is 2. The Bertz CT molecular complexity index is 925. The molecule has 1 amide bonds. The molecular formula is C19H16Cl2FN3O. The second-order valence-electron chi connectivity index (χ2n) is 5.86. The largest absolute Gasteiger partial charge is 0.342 e. The Labute approximate surface area is 160 Å². The van der Waals surface area contributed by atoms with Crippen molar-refractivity contribution >= 4 is 29.1 Å². The van der Waals surface area contributed by atoms with Gasteiger partial charge in [0.2, 0.25) is 5.91 Å². The summed E-state index contributed by atoms with van der Waals surface area (Å²) in [7, 11) is 1.83. The highest BCUT2D eigenvalue weighted by molar-refractivity contribution is 6.35. The van der Waals surface area contributed by atoms with E-state index in [1.165, 1.54) is 12.1 Å². The molecule has 1 aromatic heterocycles. The van der Waals surface area contributed by atoms with Gasteiger partial charge in [-0.05, 0) is 35.4 Å². The first kappa shape index (κ1) is 18.4. The third-order valence-electron chi connectivity index (χ3n) is 3.99. The number of rotatable bonds is 5. The predicted octanol–water partition coefficient (Wildman–Crippen LogP) is 4.31. The number of imidazole rings is 1. The zero-order valence-corrected chi connectivity index (χ0v) is 15.4. The van der Waals surface area contributed by atoms with Crippen LogP contribution in [0.3, 0.4) is 0 Å². The Morgan fingerprint density at radius 1 is 1.23 bits per heavy atom. The van der Waals surface area contributed by atoms with Gasteiger partial charge in [-0.2, -0.15) is 0 Å². The standard InChI is InChI=1S/C19H16Cl2FN3O/c1-25-9-8-23-19(25)18(12-3-6-15(22)7-4-12)24-17(26)10-13-2-5-14(20)11-16(13)21/h2-9,11,18H,10H2,1H3,(H,24,26). The Kier molecular flexibility index (Phi) is 5.59. The number of aryl methyl sites for hydroxylation is 1. The fourth-order valence-corrected chi connectivity index (χ4v) is 3.13. The summed E-state index contributed by atoms with van der Waals surface area (Å²) in [5.41, 5.74) is 1.41. The first-order valence-corrected chi connectivity index (χ1v) is 8.65. The van der Waals surface area contributed by atoms with Crippen molar-refractivity contribution in [2.75, 3.05) is 0 Å². The van der Waals surface area contributed by atoms with Gasteiger partial charge in [-0.1, -0.05) is 41.4 Å². The number of amides is 1. The van der Waals surface area contributed by atoms with Crippen LogP contribution in [-0.2, 0) is 18.3 Å². The second kappa shape index (κ2) is 7.89. The predicted molar refractivity (Wildman–Crippen MR) is 99.8 cm³/mol. The van der Waals surface area contributed by atoms with Crippen molar-refractivity contribution in [3.63, 3.8) is 0 Å². The molecule has 0 aliphatic heterocycles. The number of aromatic nitrogens is 2. The lowest BCUT2D eigenvalue weighted by Crippen LogP contribution is -2.32. The molecule has 0 fully saturated rings. The third kappa shape index (κ3) is 4.23. The van der Waals surface area contributed by atoms with Gasteiger partial charge in [-0.15, -0.1) is 0 Å². The van der Waals surface area contributed by atoms with Gasteiger partial charge in [0.25, 0.3) is 0 Å². The number of halogens is 3. The zero-order chi connectivity index (χ0) is 18.7. The highest BCUT2D eigenvalue weighted by Gasteiger charge is 2.21. The molecule has 26 heavy (non-hydrogen) atoms. The van der Waals surface area contributed by atoms with Gasteiger partial charge >= 0.3 is 0 Å². The molecule has 0 bridgehead atoms. The molecule has 134 valence electrons. The minimum atomic E-state index is -0.505. The van der Waals surface area contributed by atoms with E-state index in [1.54, 1.807) is 42.7 Å². The fraction of sp³-hybridized carbons (Fsp3) is 0.158. The number of nitrogens with one attached hydrogen (secondary N) is 1. The first-order valence-electron chi connectivity index (χ1n) is 7.90. The van der Waals surface area contributed by atoms with Crippen molar-refractivity contribution in [1.82, 2.24) is 14.9 Å². The van der Waals surface area contributed by atoms with Crippen LogP contribution in [0.15, 0.2) is 54.9 Å². The van der Waals surface area contributed by atoms with E-state index in [-0.39, 0.29) is 18.1 Å². The van der Waals surface area contributed by atoms with E-state index >= 15 is 0 Å². The summed E-state index contributed by atoms with van der Waals surface area (Å²) < 4.78 is 15.1. The third-order valence-corrected chi connectivity index (χ3v) is 4.58. The van der Waals surface area contributed by atoms with Crippen LogP contribution in [0.2, 0.25) is 10.0 Å². The van der Waals surface area contributed by atoms with Crippen LogP contribution < -0.4 is 5.32 Å². The van der Waals surface area contributed by atoms with E-state index in [1.807, 2.05) is 11.6 Å². The topological polar surface area (TPSA) is 46.9 Å². The average molecular weight is 392 g/mol. The molecule has 3 aromatic rings. The molecule has 1 N–H and O–H groups in total. The molecule has 1 heterocycles. The van der Waals surface area contributed by atoms with Crippen LogP contribution in [0.4, 0.5) is 4.39 Å². The maximum atomic E-state index is 13.3. The molecule has 0 spiro atoms. The SMILES string of the molecule is Cn1ccnc1C(NC(=O)Cc1ccc(Cl)cc1Cl)c1ccc(F)cc1. The van der Waals surface area contributed by atoms with Gasteiger partial charge in [0.1, 0.15) is 17.7 Å². The van der Waals surface area contributed by atoms with Crippen molar-refractivity contribution in [3.8, 4) is 0 Å². The number of carbonyl (C=O) groups excluding carboxylic acids is 1. The Balaban J connectivity index is 1.84. The zero-order valence-electron chi connectivity index (χ0n) is 13.9. The van der Waals surface area contributed by atoms with Crippen LogP contribution in [0.25, 0.3) is 0 Å². The molecule has 7 heteroatoms. The quantitative estimate of drug-likeness (QED) is 0.703. The Morgan fingerprint density at radius 3 is 2.58 bits per heavy atom. The van der Waals surface area contributed by atoms with Gasteiger partial charge in [0.05, 0.1) is 6.42 Å². The number of benzene rings is 2. The Morgan fingerprint density at radius 2 is 1.96 bits per heavy atom. The average Bonchev–Trinajstić information content (AvgIpc) is 3.02. The molecular weight excluding hydrogens is 376 g/mol. The summed E-state index contributed by atoms with van der Waals surface area (Å²) in [6, 6.07) is 10.5. The summed E-state index contributed by atoms with van der Waals surface area (Å²) in [5.74, 6) is 0.0744.